The number of aromatic nitrogens is 1. The second-order valence-corrected chi connectivity index (χ2v) is 12.2. The Morgan fingerprint density at radius 1 is 1.05 bits per heavy atom. The van der Waals surface area contributed by atoms with E-state index in [0.717, 1.165) is 21.6 Å². The largest absolute Gasteiger partial charge is 0.465 e. The molecule has 1 amide bonds. The van der Waals surface area contributed by atoms with Gasteiger partial charge in [-0.05, 0) is 62.1 Å². The number of aliphatic hydroxyl groups excluding tert-OH is 1. The summed E-state index contributed by atoms with van der Waals surface area (Å²) in [4.78, 5) is 31.6. The Balaban J connectivity index is 1.75. The first-order valence-corrected chi connectivity index (χ1v) is 13.9. The van der Waals surface area contributed by atoms with Crippen molar-refractivity contribution in [2.24, 2.45) is 0 Å². The van der Waals surface area contributed by atoms with Crippen LogP contribution in [0.2, 0.25) is 0 Å². The first kappa shape index (κ1) is 30.2. The molecule has 0 saturated heterocycles. The van der Waals surface area contributed by atoms with Gasteiger partial charge in [-0.3, -0.25) is 4.98 Å². The molecule has 7 nitrogen and oxygen atoms in total. The van der Waals surface area contributed by atoms with Crippen LogP contribution < -0.4 is 0 Å². The highest BCUT2D eigenvalue weighted by Gasteiger charge is 2.24. The van der Waals surface area contributed by atoms with Crippen molar-refractivity contribution in [1.29, 1.82) is 0 Å². The lowest BCUT2D eigenvalue weighted by atomic mass is 10.0. The molecule has 1 aromatic heterocycles. The lowest BCUT2D eigenvalue weighted by molar-refractivity contribution is 0.0146. The van der Waals surface area contributed by atoms with Gasteiger partial charge in [-0.1, -0.05) is 50.2 Å². The van der Waals surface area contributed by atoms with Crippen molar-refractivity contribution in [3.8, 4) is 11.1 Å². The summed E-state index contributed by atoms with van der Waals surface area (Å²) in [6.45, 7) is 10.1. The van der Waals surface area contributed by atoms with Crippen molar-refractivity contribution >= 4 is 23.8 Å². The maximum Gasteiger partial charge on any atom is 0.410 e. The van der Waals surface area contributed by atoms with Gasteiger partial charge in [0.25, 0.3) is 0 Å². The quantitative estimate of drug-likeness (QED) is 0.226. The summed E-state index contributed by atoms with van der Waals surface area (Å²) >= 11 is 1.63. The first-order chi connectivity index (χ1) is 18.5. The third-order valence-corrected chi connectivity index (χ3v) is 6.88. The fourth-order valence-corrected chi connectivity index (χ4v) is 4.91. The van der Waals surface area contributed by atoms with Gasteiger partial charge in [0.2, 0.25) is 0 Å². The molecule has 0 aliphatic carbocycles. The molecule has 0 unspecified atom stereocenters. The third kappa shape index (κ3) is 9.11. The van der Waals surface area contributed by atoms with Crippen molar-refractivity contribution in [1.82, 2.24) is 9.88 Å². The molecule has 0 fully saturated rings. The molecule has 3 rings (SSSR count). The van der Waals surface area contributed by atoms with Gasteiger partial charge in [-0.15, -0.1) is 11.8 Å². The van der Waals surface area contributed by atoms with E-state index in [1.54, 1.807) is 36.3 Å². The van der Waals surface area contributed by atoms with Gasteiger partial charge in [-0.2, -0.15) is 0 Å². The Bertz CT molecular complexity index is 1240. The highest BCUT2D eigenvalue weighted by atomic mass is 32.2. The number of thioether (sulfide) groups is 1. The average molecular weight is 551 g/mol. The monoisotopic (exact) mass is 550 g/mol. The van der Waals surface area contributed by atoms with Gasteiger partial charge in [-0.25, -0.2) is 9.59 Å². The number of amides is 1. The fraction of sp³-hybridized carbons (Fsp3) is 0.387. The topological polar surface area (TPSA) is 89.0 Å². The zero-order chi connectivity index (χ0) is 28.6. The van der Waals surface area contributed by atoms with Crippen LogP contribution in [0.1, 0.15) is 62.2 Å². The molecular formula is C31H38N2O5S. The Morgan fingerprint density at radius 3 is 2.33 bits per heavy atom. The highest BCUT2D eigenvalue weighted by Crippen LogP contribution is 2.32. The highest BCUT2D eigenvalue weighted by molar-refractivity contribution is 8.00. The summed E-state index contributed by atoms with van der Waals surface area (Å²) in [6.07, 6.45) is 2.49. The standard InChI is InChI=1S/C31H38N2O5S/c1-21(2)39-28-18-24(13-14-26(28)29(35)37-6)23-11-9-22(10-12-23)15-17-33(30(36)38-31(3,4)5)20-27(34)25-8-7-16-32-19-25/h7-14,16,18-19,21,27,34H,15,17,20H2,1-6H3/t27-/m1/s1. The summed E-state index contributed by atoms with van der Waals surface area (Å²) < 4.78 is 10.6. The molecule has 0 spiro atoms. The van der Waals surface area contributed by atoms with Crippen molar-refractivity contribution in [2.45, 2.75) is 62.9 Å². The van der Waals surface area contributed by atoms with Gasteiger partial charge in [0.1, 0.15) is 5.60 Å². The van der Waals surface area contributed by atoms with Crippen LogP contribution >= 0.6 is 11.8 Å². The van der Waals surface area contributed by atoms with E-state index in [0.29, 0.717) is 29.3 Å². The van der Waals surface area contributed by atoms with Gasteiger partial charge < -0.3 is 19.5 Å². The van der Waals surface area contributed by atoms with E-state index in [-0.39, 0.29) is 12.5 Å². The molecule has 208 valence electrons. The number of pyridine rings is 1. The molecule has 0 aliphatic rings. The van der Waals surface area contributed by atoms with E-state index in [4.69, 9.17) is 9.47 Å². The van der Waals surface area contributed by atoms with Crippen LogP contribution in [0, 0.1) is 0 Å². The molecule has 1 heterocycles. The predicted octanol–water partition coefficient (Wildman–Crippen LogP) is 6.55. The molecule has 0 saturated carbocycles. The SMILES string of the molecule is COC(=O)c1ccc(-c2ccc(CCN(C[C@@H](O)c3cccnc3)C(=O)OC(C)(C)C)cc2)cc1SC(C)C. The molecule has 39 heavy (non-hydrogen) atoms. The summed E-state index contributed by atoms with van der Waals surface area (Å²) in [5.74, 6) is -0.344. The van der Waals surface area contributed by atoms with Crippen LogP contribution in [0.5, 0.6) is 0 Å². The van der Waals surface area contributed by atoms with E-state index in [2.05, 4.69) is 18.8 Å². The maximum atomic E-state index is 12.9. The minimum atomic E-state index is -0.875. The minimum Gasteiger partial charge on any atom is -0.465 e. The number of methoxy groups -OCH3 is 1. The van der Waals surface area contributed by atoms with E-state index in [1.165, 1.54) is 12.0 Å². The number of benzene rings is 2. The molecule has 1 N–H and O–H groups in total. The summed E-state index contributed by atoms with van der Waals surface area (Å²) in [5, 5.41) is 11.0. The average Bonchev–Trinajstić information content (AvgIpc) is 2.90. The van der Waals surface area contributed by atoms with Crippen LogP contribution in [0.3, 0.4) is 0 Å². The van der Waals surface area contributed by atoms with Crippen LogP contribution in [0.4, 0.5) is 4.79 Å². The predicted molar refractivity (Wildman–Crippen MR) is 155 cm³/mol. The number of carbonyl (C=O) groups is 2. The molecule has 0 radical (unpaired) electrons. The molecule has 8 heteroatoms. The summed E-state index contributed by atoms with van der Waals surface area (Å²) in [5.41, 5.74) is 3.64. The Labute approximate surface area is 235 Å². The Morgan fingerprint density at radius 2 is 1.74 bits per heavy atom. The van der Waals surface area contributed by atoms with E-state index in [9.17, 15) is 14.7 Å². The normalized spacial score (nSPS) is 12.2. The molecule has 2 aromatic carbocycles. The molecule has 0 bridgehead atoms. The van der Waals surface area contributed by atoms with E-state index >= 15 is 0 Å². The van der Waals surface area contributed by atoms with Crippen molar-refractivity contribution < 1.29 is 24.2 Å². The number of aliphatic hydroxyl groups is 1. The second-order valence-electron chi connectivity index (χ2n) is 10.5. The van der Waals surface area contributed by atoms with Crippen molar-refractivity contribution in [3.05, 3.63) is 83.7 Å². The van der Waals surface area contributed by atoms with Crippen LogP contribution in [0.15, 0.2) is 71.9 Å². The van der Waals surface area contributed by atoms with Gasteiger partial charge >= 0.3 is 12.1 Å². The smallest absolute Gasteiger partial charge is 0.410 e. The number of rotatable bonds is 10. The number of esters is 1. The molecule has 0 aliphatic heterocycles. The van der Waals surface area contributed by atoms with Crippen LogP contribution in [0.25, 0.3) is 11.1 Å². The lowest BCUT2D eigenvalue weighted by Gasteiger charge is -2.29. The maximum absolute atomic E-state index is 12.9. The number of nitrogens with zero attached hydrogens (tertiary/aromatic N) is 2. The molecule has 3 aromatic rings. The van der Waals surface area contributed by atoms with Crippen LogP contribution in [-0.2, 0) is 15.9 Å². The number of hydrogen-bond donors (Lipinski definition) is 1. The molecule has 1 atom stereocenters. The van der Waals surface area contributed by atoms with Crippen molar-refractivity contribution in [3.63, 3.8) is 0 Å². The van der Waals surface area contributed by atoms with Gasteiger partial charge in [0.15, 0.2) is 0 Å². The van der Waals surface area contributed by atoms with Crippen LogP contribution in [-0.4, -0.2) is 58.1 Å². The van der Waals surface area contributed by atoms with E-state index < -0.39 is 17.8 Å². The Kier molecular flexibility index (Phi) is 10.5. The fourth-order valence-electron chi connectivity index (χ4n) is 3.93. The number of carbonyl (C=O) groups excluding carboxylic acids is 2. The molecular weight excluding hydrogens is 512 g/mol. The zero-order valence-electron chi connectivity index (χ0n) is 23.5. The van der Waals surface area contributed by atoms with Crippen molar-refractivity contribution in [2.75, 3.05) is 20.2 Å². The number of ether oxygens (including phenoxy) is 2. The van der Waals surface area contributed by atoms with E-state index in [1.807, 2.05) is 63.2 Å². The zero-order valence-corrected chi connectivity index (χ0v) is 24.3. The third-order valence-electron chi connectivity index (χ3n) is 5.82. The number of hydrogen-bond acceptors (Lipinski definition) is 7. The minimum absolute atomic E-state index is 0.0987. The second kappa shape index (κ2) is 13.6. The lowest BCUT2D eigenvalue weighted by Crippen LogP contribution is -2.40. The summed E-state index contributed by atoms with van der Waals surface area (Å²) in [7, 11) is 1.39. The summed E-state index contributed by atoms with van der Waals surface area (Å²) in [6, 6.07) is 17.4. The Hall–Kier alpha value is -3.36. The van der Waals surface area contributed by atoms with Gasteiger partial charge in [0, 0.05) is 34.6 Å². The van der Waals surface area contributed by atoms with Gasteiger partial charge in [0.05, 0.1) is 25.3 Å². The first-order valence-electron chi connectivity index (χ1n) is 13.0.